The van der Waals surface area contributed by atoms with E-state index in [2.05, 4.69) is 0 Å². The van der Waals surface area contributed by atoms with E-state index in [0.717, 1.165) is 0 Å². The van der Waals surface area contributed by atoms with Crippen molar-refractivity contribution in [1.29, 1.82) is 0 Å². The fraction of sp³-hybridized carbons (Fsp3) is 0.400. The second kappa shape index (κ2) is 2.14. The molecule has 1 aromatic rings. The zero-order valence-electron chi connectivity index (χ0n) is 5.49. The Bertz CT molecular complexity index is 308. The zero-order chi connectivity index (χ0) is 8.65. The van der Waals surface area contributed by atoms with Crippen molar-refractivity contribution in [3.8, 4) is 0 Å². The summed E-state index contributed by atoms with van der Waals surface area (Å²) in [6.07, 6.45) is -2.72. The minimum absolute atomic E-state index is 0.711. The topological polar surface area (TPSA) is 37.8 Å². The molecule has 0 aliphatic rings. The van der Waals surface area contributed by atoms with Gasteiger partial charge in [-0.05, 0) is 0 Å². The fourth-order valence-corrected chi connectivity index (χ4v) is 0.571. The molecule has 0 aliphatic carbocycles. The summed E-state index contributed by atoms with van der Waals surface area (Å²) in [5.41, 5.74) is -1.97. The lowest BCUT2D eigenvalue weighted by Crippen LogP contribution is -2.12. The molecule has 1 rings (SSSR count). The SMILES string of the molecule is Cn1[c]c(C(F)(F)F)[nH]c1=O. The molecule has 0 spiro atoms. The van der Waals surface area contributed by atoms with Crippen LogP contribution in [0.25, 0.3) is 0 Å². The van der Waals surface area contributed by atoms with Crippen LogP contribution >= 0.6 is 0 Å². The normalized spacial score (nSPS) is 12.0. The summed E-state index contributed by atoms with van der Waals surface area (Å²) >= 11 is 0. The minimum atomic E-state index is -4.53. The third kappa shape index (κ3) is 1.44. The lowest BCUT2D eigenvalue weighted by atomic mass is 10.5. The van der Waals surface area contributed by atoms with Crippen molar-refractivity contribution in [2.24, 2.45) is 7.05 Å². The predicted octanol–water partition coefficient (Wildman–Crippen LogP) is 0.532. The Morgan fingerprint density at radius 1 is 1.55 bits per heavy atom. The van der Waals surface area contributed by atoms with E-state index in [1.165, 1.54) is 7.05 Å². The number of halogens is 3. The van der Waals surface area contributed by atoms with Crippen molar-refractivity contribution in [3.63, 3.8) is 0 Å². The van der Waals surface area contributed by atoms with E-state index >= 15 is 0 Å². The Morgan fingerprint density at radius 3 is 2.27 bits per heavy atom. The molecule has 0 aromatic carbocycles. The largest absolute Gasteiger partial charge is 0.433 e. The summed E-state index contributed by atoms with van der Waals surface area (Å²) in [5.74, 6) is 0. The van der Waals surface area contributed by atoms with E-state index in [0.29, 0.717) is 4.57 Å². The first kappa shape index (κ1) is 7.90. The lowest BCUT2D eigenvalue weighted by Gasteiger charge is -1.98. The quantitative estimate of drug-likeness (QED) is 0.598. The highest BCUT2D eigenvalue weighted by Crippen LogP contribution is 2.25. The highest BCUT2D eigenvalue weighted by atomic mass is 19.4. The number of aromatic amines is 1. The molecule has 6 heteroatoms. The number of nitrogens with zero attached hydrogens (tertiary/aromatic N) is 1. The summed E-state index contributed by atoms with van der Waals surface area (Å²) in [6, 6.07) is 0. The highest BCUT2D eigenvalue weighted by molar-refractivity contribution is 4.98. The van der Waals surface area contributed by atoms with Crippen molar-refractivity contribution >= 4 is 0 Å². The molecule has 3 nitrogen and oxygen atoms in total. The molecule has 0 aliphatic heterocycles. The van der Waals surface area contributed by atoms with Gasteiger partial charge in [0.2, 0.25) is 0 Å². The molecule has 0 unspecified atom stereocenters. The van der Waals surface area contributed by atoms with Gasteiger partial charge in [-0.25, -0.2) is 4.79 Å². The second-order valence-corrected chi connectivity index (χ2v) is 1.97. The maximum Gasteiger partial charge on any atom is 0.433 e. The van der Waals surface area contributed by atoms with Crippen LogP contribution < -0.4 is 5.69 Å². The number of H-pyrrole nitrogens is 1. The average Bonchev–Trinajstić information content (AvgIpc) is 2.11. The molecule has 0 saturated carbocycles. The summed E-state index contributed by atoms with van der Waals surface area (Å²) in [5, 5.41) is 0. The van der Waals surface area contributed by atoms with E-state index < -0.39 is 17.6 Å². The Morgan fingerprint density at radius 2 is 2.09 bits per heavy atom. The number of alkyl halides is 3. The summed E-state index contributed by atoms with van der Waals surface area (Å²) in [6.45, 7) is 0. The molecule has 61 valence electrons. The van der Waals surface area contributed by atoms with Gasteiger partial charge in [0.05, 0.1) is 6.20 Å². The Balaban J connectivity index is 3.18. The van der Waals surface area contributed by atoms with Gasteiger partial charge < -0.3 is 4.98 Å². The van der Waals surface area contributed by atoms with Crippen molar-refractivity contribution in [2.75, 3.05) is 0 Å². The predicted molar refractivity (Wildman–Crippen MR) is 29.9 cm³/mol. The van der Waals surface area contributed by atoms with Crippen LogP contribution in [0.3, 0.4) is 0 Å². The average molecular weight is 165 g/mol. The third-order valence-corrected chi connectivity index (χ3v) is 1.10. The van der Waals surface area contributed by atoms with E-state index in [1.807, 2.05) is 6.20 Å². The zero-order valence-corrected chi connectivity index (χ0v) is 5.49. The Hall–Kier alpha value is -1.20. The number of hydrogen-bond acceptors (Lipinski definition) is 1. The van der Waals surface area contributed by atoms with Gasteiger partial charge in [0.25, 0.3) is 0 Å². The second-order valence-electron chi connectivity index (χ2n) is 1.97. The van der Waals surface area contributed by atoms with Crippen molar-refractivity contribution in [3.05, 3.63) is 22.4 Å². The van der Waals surface area contributed by atoms with Crippen LogP contribution in [0.15, 0.2) is 4.79 Å². The molecular weight excluding hydrogens is 161 g/mol. The van der Waals surface area contributed by atoms with Crippen LogP contribution in [0.4, 0.5) is 13.2 Å². The first-order valence-corrected chi connectivity index (χ1v) is 2.67. The monoisotopic (exact) mass is 165 g/mol. The third-order valence-electron chi connectivity index (χ3n) is 1.10. The molecule has 0 atom stereocenters. The number of rotatable bonds is 0. The van der Waals surface area contributed by atoms with Gasteiger partial charge in [-0.15, -0.1) is 0 Å². The van der Waals surface area contributed by atoms with Gasteiger partial charge in [-0.1, -0.05) is 0 Å². The van der Waals surface area contributed by atoms with Crippen molar-refractivity contribution < 1.29 is 13.2 Å². The number of imidazole rings is 1. The number of aryl methyl sites for hydroxylation is 1. The van der Waals surface area contributed by atoms with Crippen molar-refractivity contribution in [2.45, 2.75) is 6.18 Å². The Kier molecular flexibility index (Phi) is 1.54. The van der Waals surface area contributed by atoms with Crippen LogP contribution in [0, 0.1) is 6.20 Å². The number of hydrogen-bond donors (Lipinski definition) is 1. The van der Waals surface area contributed by atoms with Crippen LogP contribution in [0.1, 0.15) is 5.69 Å². The molecule has 0 amide bonds. The van der Waals surface area contributed by atoms with Gasteiger partial charge in [-0.2, -0.15) is 13.2 Å². The summed E-state index contributed by atoms with van der Waals surface area (Å²) in [7, 11) is 1.19. The van der Waals surface area contributed by atoms with Gasteiger partial charge in [0.15, 0.2) is 5.69 Å². The van der Waals surface area contributed by atoms with E-state index in [1.54, 1.807) is 4.98 Å². The molecule has 1 N–H and O–H groups in total. The van der Waals surface area contributed by atoms with Gasteiger partial charge in [0.1, 0.15) is 0 Å². The smallest absolute Gasteiger partial charge is 0.301 e. The Labute approximate surface area is 59.5 Å². The molecule has 0 fully saturated rings. The van der Waals surface area contributed by atoms with E-state index in [4.69, 9.17) is 0 Å². The first-order chi connectivity index (χ1) is 4.91. The maximum atomic E-state index is 11.8. The molecule has 0 saturated heterocycles. The minimum Gasteiger partial charge on any atom is -0.301 e. The molecule has 0 bridgehead atoms. The van der Waals surface area contributed by atoms with Gasteiger partial charge >= 0.3 is 11.9 Å². The molecule has 1 heterocycles. The molecule has 1 radical (unpaired) electrons. The maximum absolute atomic E-state index is 11.8. The first-order valence-electron chi connectivity index (χ1n) is 2.67. The fourth-order valence-electron chi connectivity index (χ4n) is 0.571. The number of nitrogens with one attached hydrogen (secondary N) is 1. The van der Waals surface area contributed by atoms with Gasteiger partial charge in [0, 0.05) is 7.05 Å². The molecular formula is C5H4F3N2O. The highest BCUT2D eigenvalue weighted by Gasteiger charge is 2.33. The number of aromatic nitrogens is 2. The standard InChI is InChI=1S/C5H4F3N2O/c1-10-2-3(5(6,7)8)9-4(10)11/h1H3,(H,9,11). The van der Waals surface area contributed by atoms with E-state index in [9.17, 15) is 18.0 Å². The van der Waals surface area contributed by atoms with Crippen LogP contribution in [-0.4, -0.2) is 9.55 Å². The van der Waals surface area contributed by atoms with Crippen LogP contribution in [-0.2, 0) is 13.2 Å². The summed E-state index contributed by atoms with van der Waals surface area (Å²) in [4.78, 5) is 12.1. The van der Waals surface area contributed by atoms with Crippen LogP contribution in [0.2, 0.25) is 0 Å². The van der Waals surface area contributed by atoms with Gasteiger partial charge in [-0.3, -0.25) is 4.57 Å². The van der Waals surface area contributed by atoms with Crippen molar-refractivity contribution in [1.82, 2.24) is 9.55 Å². The summed E-state index contributed by atoms with van der Waals surface area (Å²) < 4.78 is 36.0. The van der Waals surface area contributed by atoms with E-state index in [-0.39, 0.29) is 0 Å². The van der Waals surface area contributed by atoms with Crippen LogP contribution in [0.5, 0.6) is 0 Å². The lowest BCUT2D eigenvalue weighted by molar-refractivity contribution is -0.141. The molecule has 1 aromatic heterocycles. The molecule has 11 heavy (non-hydrogen) atoms.